The van der Waals surface area contributed by atoms with Crippen molar-refractivity contribution in [3.8, 4) is 5.75 Å². The van der Waals surface area contributed by atoms with Crippen LogP contribution in [0.2, 0.25) is 0 Å². The summed E-state index contributed by atoms with van der Waals surface area (Å²) in [6.45, 7) is 4.27. The molecule has 0 heterocycles. The van der Waals surface area contributed by atoms with Crippen LogP contribution < -0.4 is 0 Å². The average molecular weight is 137 g/mol. The molecule has 0 amide bonds. The Kier molecular flexibility index (Phi) is 1.95. The third-order valence-electron chi connectivity index (χ3n) is 1.55. The summed E-state index contributed by atoms with van der Waals surface area (Å²) in [5.41, 5.74) is 1.24. The van der Waals surface area contributed by atoms with Crippen LogP contribution in [0.5, 0.6) is 5.75 Å². The van der Waals surface area contributed by atoms with Crippen molar-refractivity contribution >= 4 is 0 Å². The molecule has 1 aromatic carbocycles. The van der Waals surface area contributed by atoms with Gasteiger partial charge < -0.3 is 5.11 Å². The van der Waals surface area contributed by atoms with E-state index in [1.165, 1.54) is 5.56 Å². The summed E-state index contributed by atoms with van der Waals surface area (Å²) in [5, 5.41) is 7.33. The molecule has 0 fully saturated rings. The van der Waals surface area contributed by atoms with Crippen molar-refractivity contribution in [1.82, 2.24) is 0 Å². The standard InChI is InChI=1S/C9H12O/c1-7(2)8-4-3-5-9(10)6-8/h3-7,10H,1-2H3/p+1. The molecule has 0 saturated heterocycles. The van der Waals surface area contributed by atoms with Crippen LogP contribution >= 0.6 is 0 Å². The Morgan fingerprint density at radius 1 is 1.30 bits per heavy atom. The third-order valence-corrected chi connectivity index (χ3v) is 1.55. The number of benzene rings is 1. The lowest BCUT2D eigenvalue weighted by Crippen LogP contribution is -1.84. The molecule has 0 aliphatic carbocycles. The normalized spacial score (nSPS) is 10.3. The molecule has 0 aliphatic rings. The van der Waals surface area contributed by atoms with Gasteiger partial charge in [-0.1, -0.05) is 26.0 Å². The van der Waals surface area contributed by atoms with E-state index in [4.69, 9.17) is 5.11 Å². The van der Waals surface area contributed by atoms with Crippen molar-refractivity contribution < 1.29 is 5.11 Å². The van der Waals surface area contributed by atoms with Crippen LogP contribution in [-0.2, 0) is 0 Å². The van der Waals surface area contributed by atoms with E-state index in [9.17, 15) is 0 Å². The highest BCUT2D eigenvalue weighted by molar-refractivity contribution is 5.28. The van der Waals surface area contributed by atoms with E-state index in [1.807, 2.05) is 12.1 Å². The molecule has 54 valence electrons. The fourth-order valence-corrected chi connectivity index (χ4v) is 0.898. The van der Waals surface area contributed by atoms with E-state index in [1.54, 1.807) is 6.07 Å². The Balaban J connectivity index is 2.96. The fraction of sp³-hybridized carbons (Fsp3) is 0.333. The first kappa shape index (κ1) is 7.13. The van der Waals surface area contributed by atoms with Crippen LogP contribution in [0.1, 0.15) is 25.3 Å². The highest BCUT2D eigenvalue weighted by Gasteiger charge is 1.99. The van der Waals surface area contributed by atoms with Gasteiger partial charge >= 0.3 is 0 Å². The van der Waals surface area contributed by atoms with Crippen LogP contribution in [0.25, 0.3) is 0 Å². The van der Waals surface area contributed by atoms with Gasteiger partial charge in [0, 0.05) is 12.1 Å². The highest BCUT2D eigenvalue weighted by atomic mass is 16.3. The van der Waals surface area contributed by atoms with Gasteiger partial charge in [-0.15, -0.1) is 0 Å². The van der Waals surface area contributed by atoms with Gasteiger partial charge in [-0.2, -0.15) is 0 Å². The van der Waals surface area contributed by atoms with Crippen LogP contribution in [0.15, 0.2) is 24.3 Å². The molecule has 1 aromatic rings. The molecule has 0 spiro atoms. The topological polar surface area (TPSA) is 22.9 Å². The minimum absolute atomic E-state index is 0.533. The van der Waals surface area contributed by atoms with E-state index < -0.39 is 0 Å². The second kappa shape index (κ2) is 2.74. The summed E-state index contributed by atoms with van der Waals surface area (Å²) in [4.78, 5) is 0. The van der Waals surface area contributed by atoms with Crippen molar-refractivity contribution in [3.63, 3.8) is 0 Å². The van der Waals surface area contributed by atoms with E-state index in [0.29, 0.717) is 11.7 Å². The Hall–Kier alpha value is -0.980. The van der Waals surface area contributed by atoms with E-state index in [-0.39, 0.29) is 0 Å². The molecule has 0 radical (unpaired) electrons. The minimum Gasteiger partial charge on any atom is -0.593 e. The SMILES string of the molecule is CC(C)c1cccc([OH2+])c1. The maximum atomic E-state index is 7.33. The van der Waals surface area contributed by atoms with Gasteiger partial charge in [0.25, 0.3) is 5.75 Å². The Bertz CT molecular complexity index is 216. The van der Waals surface area contributed by atoms with Crippen molar-refractivity contribution in [2.24, 2.45) is 0 Å². The maximum absolute atomic E-state index is 7.33. The van der Waals surface area contributed by atoms with Gasteiger partial charge in [-0.25, -0.2) is 0 Å². The molecular weight excluding hydrogens is 124 g/mol. The average Bonchev–Trinajstić information content (AvgIpc) is 1.88. The van der Waals surface area contributed by atoms with E-state index in [2.05, 4.69) is 19.9 Å². The lowest BCUT2D eigenvalue weighted by molar-refractivity contribution is 0.474. The van der Waals surface area contributed by atoms with Crippen molar-refractivity contribution in [2.75, 3.05) is 0 Å². The van der Waals surface area contributed by atoms with Crippen LogP contribution in [-0.4, -0.2) is 5.11 Å². The Morgan fingerprint density at radius 2 is 2.00 bits per heavy atom. The Morgan fingerprint density at radius 3 is 2.40 bits per heavy atom. The first-order chi connectivity index (χ1) is 4.70. The predicted molar refractivity (Wildman–Crippen MR) is 43.6 cm³/mol. The lowest BCUT2D eigenvalue weighted by Gasteiger charge is -2.02. The number of rotatable bonds is 1. The zero-order valence-corrected chi connectivity index (χ0v) is 6.39. The van der Waals surface area contributed by atoms with Gasteiger partial charge in [0.15, 0.2) is 0 Å². The van der Waals surface area contributed by atoms with Gasteiger partial charge in [0.05, 0.1) is 0 Å². The lowest BCUT2D eigenvalue weighted by atomic mass is 10.0. The van der Waals surface area contributed by atoms with Crippen LogP contribution in [0.3, 0.4) is 0 Å². The number of hydrogen-bond donors (Lipinski definition) is 0. The fourth-order valence-electron chi connectivity index (χ4n) is 0.898. The monoisotopic (exact) mass is 137 g/mol. The smallest absolute Gasteiger partial charge is 0.254 e. The molecular formula is C9H13O+. The van der Waals surface area contributed by atoms with Crippen molar-refractivity contribution in [3.05, 3.63) is 29.8 Å². The molecule has 1 nitrogen and oxygen atoms in total. The summed E-state index contributed by atoms with van der Waals surface area (Å²) >= 11 is 0. The van der Waals surface area contributed by atoms with Gasteiger partial charge in [-0.3, -0.25) is 0 Å². The first-order valence-electron chi connectivity index (χ1n) is 3.51. The quantitative estimate of drug-likeness (QED) is 0.530. The first-order valence-corrected chi connectivity index (χ1v) is 3.51. The molecule has 0 saturated carbocycles. The summed E-state index contributed by atoms with van der Waals surface area (Å²) < 4.78 is 0. The second-order valence-corrected chi connectivity index (χ2v) is 2.78. The molecule has 0 bridgehead atoms. The summed E-state index contributed by atoms with van der Waals surface area (Å²) in [5.74, 6) is 1.14. The Labute approximate surface area is 61.3 Å². The van der Waals surface area contributed by atoms with E-state index in [0.717, 1.165) is 0 Å². The third kappa shape index (κ3) is 1.50. The molecule has 1 rings (SSSR count). The zero-order chi connectivity index (χ0) is 7.56. The summed E-state index contributed by atoms with van der Waals surface area (Å²) in [7, 11) is 0. The molecule has 0 unspecified atom stereocenters. The molecule has 10 heavy (non-hydrogen) atoms. The van der Waals surface area contributed by atoms with Gasteiger partial charge in [0.1, 0.15) is 0 Å². The number of hydrogen-bond acceptors (Lipinski definition) is 0. The van der Waals surface area contributed by atoms with Crippen LogP contribution in [0, 0.1) is 0 Å². The summed E-state index contributed by atoms with van der Waals surface area (Å²) in [6, 6.07) is 7.69. The molecule has 1 heteroatoms. The van der Waals surface area contributed by atoms with Gasteiger partial charge in [-0.05, 0) is 11.5 Å². The van der Waals surface area contributed by atoms with Crippen LogP contribution in [0.4, 0.5) is 0 Å². The van der Waals surface area contributed by atoms with Crippen molar-refractivity contribution in [2.45, 2.75) is 19.8 Å². The summed E-state index contributed by atoms with van der Waals surface area (Å²) in [6.07, 6.45) is 0. The van der Waals surface area contributed by atoms with E-state index >= 15 is 0 Å². The zero-order valence-electron chi connectivity index (χ0n) is 6.39. The molecule has 0 atom stereocenters. The highest BCUT2D eigenvalue weighted by Crippen LogP contribution is 2.18. The van der Waals surface area contributed by atoms with Crippen molar-refractivity contribution in [1.29, 1.82) is 0 Å². The molecule has 2 N–H and O–H groups in total. The second-order valence-electron chi connectivity index (χ2n) is 2.78. The maximum Gasteiger partial charge on any atom is 0.254 e. The molecule has 0 aromatic heterocycles. The largest absolute Gasteiger partial charge is 0.593 e. The minimum atomic E-state index is 0.533. The predicted octanol–water partition coefficient (Wildman–Crippen LogP) is 2.25. The van der Waals surface area contributed by atoms with Gasteiger partial charge in [0.2, 0.25) is 0 Å². The molecule has 0 aliphatic heterocycles.